The lowest BCUT2D eigenvalue weighted by Crippen LogP contribution is -2.46. The molecule has 0 aliphatic carbocycles. The predicted molar refractivity (Wildman–Crippen MR) is 69.6 cm³/mol. The van der Waals surface area contributed by atoms with Crippen molar-refractivity contribution in [1.29, 1.82) is 0 Å². The van der Waals surface area contributed by atoms with E-state index in [1.54, 1.807) is 6.07 Å². The summed E-state index contributed by atoms with van der Waals surface area (Å²) in [6.07, 6.45) is 0. The highest BCUT2D eigenvalue weighted by Gasteiger charge is 2.25. The monoisotopic (exact) mass is 265 g/mol. The zero-order chi connectivity index (χ0) is 13.0. The fourth-order valence-corrected chi connectivity index (χ4v) is 2.58. The molecule has 1 unspecified atom stereocenters. The van der Waals surface area contributed by atoms with E-state index in [2.05, 4.69) is 11.8 Å². The molecule has 1 aliphatic heterocycles. The molecule has 1 aliphatic rings. The molecule has 5 heteroatoms. The Labute approximate surface area is 110 Å². The van der Waals surface area contributed by atoms with Gasteiger partial charge in [0.05, 0.1) is 29.7 Å². The molecule has 0 spiro atoms. The van der Waals surface area contributed by atoms with E-state index in [-0.39, 0.29) is 18.6 Å². The lowest BCUT2D eigenvalue weighted by molar-refractivity contribution is 0.00362. The summed E-state index contributed by atoms with van der Waals surface area (Å²) < 4.78 is 5.31. The van der Waals surface area contributed by atoms with E-state index in [1.165, 1.54) is 11.3 Å². The molecule has 0 saturated carbocycles. The van der Waals surface area contributed by atoms with Crippen molar-refractivity contribution >= 4 is 17.2 Å². The Bertz CT molecular complexity index is 486. The summed E-state index contributed by atoms with van der Waals surface area (Å²) in [4.78, 5) is 14.9. The molecule has 1 fully saturated rings. The van der Waals surface area contributed by atoms with Gasteiger partial charge in [0, 0.05) is 11.9 Å². The number of carbonyl (C=O) groups excluding carboxylic acids is 1. The second-order valence-electron chi connectivity index (χ2n) is 4.08. The highest BCUT2D eigenvalue weighted by molar-refractivity contribution is 7.10. The summed E-state index contributed by atoms with van der Waals surface area (Å²) in [6.45, 7) is 3.63. The molecule has 2 rings (SSSR count). The first-order chi connectivity index (χ1) is 8.72. The normalized spacial score (nSPS) is 19.2. The van der Waals surface area contributed by atoms with E-state index in [0.29, 0.717) is 25.3 Å². The van der Waals surface area contributed by atoms with Crippen molar-refractivity contribution < 1.29 is 14.6 Å². The highest BCUT2D eigenvalue weighted by Crippen LogP contribution is 2.18. The molecule has 4 nitrogen and oxygen atoms in total. The molecule has 0 aromatic carbocycles. The lowest BCUT2D eigenvalue weighted by atomic mass is 10.2. The third-order valence-corrected chi connectivity index (χ3v) is 3.61. The number of nitrogens with zero attached hydrogens (tertiary/aromatic N) is 1. The number of morpholine rings is 1. The average Bonchev–Trinajstić information content (AvgIpc) is 2.85. The van der Waals surface area contributed by atoms with Gasteiger partial charge >= 0.3 is 0 Å². The number of hydrogen-bond acceptors (Lipinski definition) is 4. The maximum absolute atomic E-state index is 12.3. The zero-order valence-electron chi connectivity index (χ0n) is 10.2. The van der Waals surface area contributed by atoms with Crippen LogP contribution in [-0.4, -0.2) is 48.3 Å². The van der Waals surface area contributed by atoms with Crippen LogP contribution >= 0.6 is 11.3 Å². The molecular formula is C13H15NO3S. The standard InChI is InChI=1S/C13H15NO3S/c1-10-8-17-6-4-14(10)13(16)11-7-12(18-9-11)3-2-5-15/h7,9-10,15H,4-6,8H2,1H3. The van der Waals surface area contributed by atoms with Crippen LogP contribution in [0.1, 0.15) is 22.2 Å². The van der Waals surface area contributed by atoms with Crippen molar-refractivity contribution in [1.82, 2.24) is 4.90 Å². The molecule has 1 amide bonds. The van der Waals surface area contributed by atoms with Crippen LogP contribution in [0.25, 0.3) is 0 Å². The first kappa shape index (κ1) is 13.1. The number of rotatable bonds is 1. The number of ether oxygens (including phenoxy) is 1. The van der Waals surface area contributed by atoms with Gasteiger partial charge in [-0.2, -0.15) is 0 Å². The minimum Gasteiger partial charge on any atom is -0.384 e. The molecule has 0 radical (unpaired) electrons. The van der Waals surface area contributed by atoms with Crippen LogP contribution in [0.4, 0.5) is 0 Å². The number of aliphatic hydroxyl groups excluding tert-OH is 1. The Morgan fingerprint density at radius 3 is 3.28 bits per heavy atom. The number of aliphatic hydroxyl groups is 1. The molecule has 1 N–H and O–H groups in total. The fourth-order valence-electron chi connectivity index (χ4n) is 1.84. The minimum absolute atomic E-state index is 0.0269. The Hall–Kier alpha value is -1.35. The molecule has 0 bridgehead atoms. The van der Waals surface area contributed by atoms with Gasteiger partial charge in [-0.3, -0.25) is 4.79 Å². The van der Waals surface area contributed by atoms with Gasteiger partial charge in [-0.25, -0.2) is 0 Å². The second kappa shape index (κ2) is 6.01. The van der Waals surface area contributed by atoms with Gasteiger partial charge < -0.3 is 14.7 Å². The number of amides is 1. The average molecular weight is 265 g/mol. The smallest absolute Gasteiger partial charge is 0.255 e. The van der Waals surface area contributed by atoms with Gasteiger partial charge in [0.15, 0.2) is 0 Å². The Morgan fingerprint density at radius 1 is 1.72 bits per heavy atom. The van der Waals surface area contributed by atoms with Crippen LogP contribution < -0.4 is 0 Å². The van der Waals surface area contributed by atoms with E-state index in [4.69, 9.17) is 9.84 Å². The summed E-state index contributed by atoms with van der Waals surface area (Å²) >= 11 is 1.42. The summed E-state index contributed by atoms with van der Waals surface area (Å²) in [5.41, 5.74) is 0.663. The van der Waals surface area contributed by atoms with Crippen molar-refractivity contribution in [3.05, 3.63) is 21.9 Å². The maximum Gasteiger partial charge on any atom is 0.255 e. The minimum atomic E-state index is -0.165. The lowest BCUT2D eigenvalue weighted by Gasteiger charge is -2.33. The van der Waals surface area contributed by atoms with Crippen LogP contribution in [0.5, 0.6) is 0 Å². The molecule has 1 atom stereocenters. The van der Waals surface area contributed by atoms with E-state index in [0.717, 1.165) is 4.88 Å². The Kier molecular flexibility index (Phi) is 4.37. The van der Waals surface area contributed by atoms with Crippen LogP contribution in [0.15, 0.2) is 11.4 Å². The number of thiophene rings is 1. The summed E-state index contributed by atoms with van der Waals surface area (Å²) in [5, 5.41) is 10.4. The third kappa shape index (κ3) is 2.91. The first-order valence-corrected chi connectivity index (χ1v) is 6.67. The van der Waals surface area contributed by atoms with Gasteiger partial charge in [0.2, 0.25) is 0 Å². The Morgan fingerprint density at radius 2 is 2.56 bits per heavy atom. The number of carbonyl (C=O) groups is 1. The van der Waals surface area contributed by atoms with E-state index in [9.17, 15) is 4.79 Å². The molecule has 2 heterocycles. The maximum atomic E-state index is 12.3. The largest absolute Gasteiger partial charge is 0.384 e. The molecule has 18 heavy (non-hydrogen) atoms. The van der Waals surface area contributed by atoms with Gasteiger partial charge in [-0.1, -0.05) is 11.8 Å². The van der Waals surface area contributed by atoms with E-state index >= 15 is 0 Å². The highest BCUT2D eigenvalue weighted by atomic mass is 32.1. The molecular weight excluding hydrogens is 250 g/mol. The number of hydrogen-bond donors (Lipinski definition) is 1. The SMILES string of the molecule is CC1COCCN1C(=O)c1csc(C#CCO)c1. The van der Waals surface area contributed by atoms with Crippen LogP contribution in [0, 0.1) is 11.8 Å². The second-order valence-corrected chi connectivity index (χ2v) is 4.99. The van der Waals surface area contributed by atoms with Crippen LogP contribution in [0.2, 0.25) is 0 Å². The molecule has 1 aromatic heterocycles. The van der Waals surface area contributed by atoms with E-state index < -0.39 is 0 Å². The van der Waals surface area contributed by atoms with Gasteiger partial charge in [-0.05, 0) is 13.0 Å². The quantitative estimate of drug-likeness (QED) is 0.769. The Balaban J connectivity index is 2.10. The van der Waals surface area contributed by atoms with Gasteiger partial charge in [0.1, 0.15) is 6.61 Å². The fraction of sp³-hybridized carbons (Fsp3) is 0.462. The van der Waals surface area contributed by atoms with Crippen LogP contribution in [-0.2, 0) is 4.74 Å². The summed E-state index contributed by atoms with van der Waals surface area (Å²) in [5.74, 6) is 5.41. The van der Waals surface area contributed by atoms with Crippen molar-refractivity contribution in [2.45, 2.75) is 13.0 Å². The van der Waals surface area contributed by atoms with Crippen LogP contribution in [0.3, 0.4) is 0 Å². The first-order valence-electron chi connectivity index (χ1n) is 5.79. The van der Waals surface area contributed by atoms with Crippen molar-refractivity contribution in [3.8, 4) is 11.8 Å². The van der Waals surface area contributed by atoms with Crippen molar-refractivity contribution in [2.75, 3.05) is 26.4 Å². The summed E-state index contributed by atoms with van der Waals surface area (Å²) in [6, 6.07) is 1.89. The van der Waals surface area contributed by atoms with Gasteiger partial charge in [-0.15, -0.1) is 11.3 Å². The van der Waals surface area contributed by atoms with Gasteiger partial charge in [0.25, 0.3) is 5.91 Å². The predicted octanol–water partition coefficient (Wildman–Crippen LogP) is 0.953. The van der Waals surface area contributed by atoms with Crippen molar-refractivity contribution in [3.63, 3.8) is 0 Å². The third-order valence-electron chi connectivity index (χ3n) is 2.77. The van der Waals surface area contributed by atoms with Crippen molar-refractivity contribution in [2.24, 2.45) is 0 Å². The molecule has 1 saturated heterocycles. The van der Waals surface area contributed by atoms with E-state index in [1.807, 2.05) is 17.2 Å². The molecule has 1 aromatic rings. The zero-order valence-corrected chi connectivity index (χ0v) is 11.0. The topological polar surface area (TPSA) is 49.8 Å². The summed E-state index contributed by atoms with van der Waals surface area (Å²) in [7, 11) is 0. The molecule has 96 valence electrons.